The molecule has 0 bridgehead atoms. The van der Waals surface area contributed by atoms with E-state index in [0.29, 0.717) is 44.1 Å². The fraction of sp³-hybridized carbons (Fsp3) is 0.375. The molecule has 1 atom stereocenters. The van der Waals surface area contributed by atoms with Gasteiger partial charge in [-0.2, -0.15) is 0 Å². The van der Waals surface area contributed by atoms with Crippen LogP contribution >= 0.6 is 23.1 Å². The summed E-state index contributed by atoms with van der Waals surface area (Å²) in [5.41, 5.74) is 1.03. The Kier molecular flexibility index (Phi) is 6.68. The van der Waals surface area contributed by atoms with Gasteiger partial charge in [0.1, 0.15) is 6.61 Å². The molecular formula is C24H25N3O4S2. The number of benzene rings is 2. The normalized spacial score (nSPS) is 17.9. The van der Waals surface area contributed by atoms with Gasteiger partial charge in [-0.3, -0.25) is 9.59 Å². The van der Waals surface area contributed by atoms with Crippen LogP contribution in [0.1, 0.15) is 12.8 Å². The number of hydrogen-bond donors (Lipinski definition) is 0. The van der Waals surface area contributed by atoms with Crippen LogP contribution in [0.4, 0.5) is 0 Å². The molecule has 2 aliphatic heterocycles. The Morgan fingerprint density at radius 1 is 1.00 bits per heavy atom. The maximum absolute atomic E-state index is 12.9. The van der Waals surface area contributed by atoms with Crippen molar-refractivity contribution in [3.8, 4) is 11.5 Å². The number of hydrogen-bond acceptors (Lipinski definition) is 7. The van der Waals surface area contributed by atoms with Crippen LogP contribution in [0.3, 0.4) is 0 Å². The van der Waals surface area contributed by atoms with Gasteiger partial charge in [-0.25, -0.2) is 4.98 Å². The van der Waals surface area contributed by atoms with E-state index in [4.69, 9.17) is 9.47 Å². The molecule has 0 saturated carbocycles. The zero-order valence-corrected chi connectivity index (χ0v) is 19.8. The Labute approximate surface area is 200 Å². The van der Waals surface area contributed by atoms with E-state index in [2.05, 4.69) is 11.1 Å². The molecular weight excluding hydrogens is 458 g/mol. The molecule has 1 fully saturated rings. The van der Waals surface area contributed by atoms with Crippen molar-refractivity contribution in [3.63, 3.8) is 0 Å². The van der Waals surface area contributed by atoms with Crippen LogP contribution in [0.15, 0.2) is 52.9 Å². The Hall–Kier alpha value is -2.78. The third-order valence-electron chi connectivity index (χ3n) is 5.76. The SMILES string of the molecule is O=C(CCCSc1nc2ccccc2s1)N1CCN(C(=O)C2COc3ccccc3O2)CC1. The summed E-state index contributed by atoms with van der Waals surface area (Å²) in [4.78, 5) is 33.7. The van der Waals surface area contributed by atoms with Gasteiger partial charge in [-0.05, 0) is 30.7 Å². The molecule has 0 aliphatic carbocycles. The predicted molar refractivity (Wildman–Crippen MR) is 129 cm³/mol. The van der Waals surface area contributed by atoms with Crippen molar-refractivity contribution in [1.29, 1.82) is 0 Å². The minimum Gasteiger partial charge on any atom is -0.485 e. The van der Waals surface area contributed by atoms with Crippen LogP contribution in [-0.2, 0) is 9.59 Å². The number of thioether (sulfide) groups is 1. The predicted octanol–water partition coefficient (Wildman–Crippen LogP) is 3.68. The van der Waals surface area contributed by atoms with Gasteiger partial charge >= 0.3 is 0 Å². The molecule has 0 spiro atoms. The van der Waals surface area contributed by atoms with Crippen LogP contribution < -0.4 is 9.47 Å². The van der Waals surface area contributed by atoms with Gasteiger partial charge in [0, 0.05) is 38.4 Å². The number of carbonyl (C=O) groups excluding carboxylic acids is 2. The van der Waals surface area contributed by atoms with E-state index in [9.17, 15) is 9.59 Å². The minimum atomic E-state index is -0.637. The van der Waals surface area contributed by atoms with Crippen molar-refractivity contribution in [2.75, 3.05) is 38.5 Å². The first-order valence-corrected chi connectivity index (χ1v) is 12.9. The third kappa shape index (κ3) is 5.09. The fourth-order valence-electron chi connectivity index (χ4n) is 3.97. The second-order valence-electron chi connectivity index (χ2n) is 7.97. The topological polar surface area (TPSA) is 72.0 Å². The summed E-state index contributed by atoms with van der Waals surface area (Å²) in [6, 6.07) is 15.5. The summed E-state index contributed by atoms with van der Waals surface area (Å²) >= 11 is 3.40. The Morgan fingerprint density at radius 3 is 2.55 bits per heavy atom. The van der Waals surface area contributed by atoms with E-state index in [1.54, 1.807) is 34.1 Å². The molecule has 2 aromatic carbocycles. The van der Waals surface area contributed by atoms with Gasteiger partial charge < -0.3 is 19.3 Å². The van der Waals surface area contributed by atoms with E-state index in [1.807, 2.05) is 41.3 Å². The Balaban J connectivity index is 1.04. The lowest BCUT2D eigenvalue weighted by molar-refractivity contribution is -0.146. The van der Waals surface area contributed by atoms with Gasteiger partial charge in [0.05, 0.1) is 10.2 Å². The molecule has 0 radical (unpaired) electrons. The molecule has 1 saturated heterocycles. The molecule has 3 aromatic rings. The highest BCUT2D eigenvalue weighted by Crippen LogP contribution is 2.32. The standard InChI is InChI=1S/C24H25N3O4S2/c28-22(10-5-15-32-24-25-17-6-1-4-9-21(17)33-24)26-11-13-27(14-12-26)23(29)20-16-30-18-7-2-3-8-19(18)31-20/h1-4,6-9,20H,5,10-16H2. The van der Waals surface area contributed by atoms with Gasteiger partial charge in [-0.1, -0.05) is 36.0 Å². The average molecular weight is 484 g/mol. The van der Waals surface area contributed by atoms with Crippen LogP contribution in [0, 0.1) is 0 Å². The first kappa shape index (κ1) is 22.0. The van der Waals surface area contributed by atoms with Gasteiger partial charge in [0.2, 0.25) is 12.0 Å². The van der Waals surface area contributed by atoms with Crippen LogP contribution in [0.5, 0.6) is 11.5 Å². The number of rotatable bonds is 6. The first-order valence-electron chi connectivity index (χ1n) is 11.1. The third-order valence-corrected chi connectivity index (χ3v) is 8.03. The molecule has 5 rings (SSSR count). The lowest BCUT2D eigenvalue weighted by Gasteiger charge is -2.37. The maximum Gasteiger partial charge on any atom is 0.267 e. The molecule has 9 heteroatoms. The molecule has 2 amide bonds. The molecule has 3 heterocycles. The minimum absolute atomic E-state index is 0.0798. The van der Waals surface area contributed by atoms with E-state index >= 15 is 0 Å². The number of thiazole rings is 1. The largest absolute Gasteiger partial charge is 0.485 e. The van der Waals surface area contributed by atoms with Crippen molar-refractivity contribution in [2.45, 2.75) is 23.3 Å². The highest BCUT2D eigenvalue weighted by molar-refractivity contribution is 8.01. The Bertz CT molecular complexity index is 1110. The summed E-state index contributed by atoms with van der Waals surface area (Å²) in [5.74, 6) is 2.20. The zero-order valence-electron chi connectivity index (χ0n) is 18.1. The molecule has 1 unspecified atom stereocenters. The first-order chi connectivity index (χ1) is 16.2. The molecule has 2 aliphatic rings. The second kappa shape index (κ2) is 10.0. The molecule has 172 valence electrons. The highest BCUT2D eigenvalue weighted by atomic mass is 32.2. The quantitative estimate of drug-likeness (QED) is 0.394. The number of aromatic nitrogens is 1. The number of piperazine rings is 1. The smallest absolute Gasteiger partial charge is 0.267 e. The molecule has 1 aromatic heterocycles. The summed E-state index contributed by atoms with van der Waals surface area (Å²) in [7, 11) is 0. The summed E-state index contributed by atoms with van der Waals surface area (Å²) in [6.45, 7) is 2.36. The molecule has 33 heavy (non-hydrogen) atoms. The number of ether oxygens (including phenoxy) is 2. The van der Waals surface area contributed by atoms with Gasteiger partial charge in [0.15, 0.2) is 15.8 Å². The van der Waals surface area contributed by atoms with Crippen LogP contribution in [-0.4, -0.2) is 71.2 Å². The summed E-state index contributed by atoms with van der Waals surface area (Å²) in [6.07, 6.45) is 0.689. The van der Waals surface area contributed by atoms with Gasteiger partial charge in [0.25, 0.3) is 5.91 Å². The van der Waals surface area contributed by atoms with E-state index in [1.165, 1.54) is 4.70 Å². The number of amides is 2. The lowest BCUT2D eigenvalue weighted by Crippen LogP contribution is -2.55. The number of fused-ring (bicyclic) bond motifs is 2. The van der Waals surface area contributed by atoms with Crippen molar-refractivity contribution >= 4 is 45.1 Å². The van der Waals surface area contributed by atoms with Crippen molar-refractivity contribution < 1.29 is 19.1 Å². The van der Waals surface area contributed by atoms with Crippen molar-refractivity contribution in [2.24, 2.45) is 0 Å². The highest BCUT2D eigenvalue weighted by Gasteiger charge is 2.33. The van der Waals surface area contributed by atoms with E-state index < -0.39 is 6.10 Å². The number of para-hydroxylation sites is 3. The van der Waals surface area contributed by atoms with Crippen LogP contribution in [0.2, 0.25) is 0 Å². The number of carbonyl (C=O) groups is 2. The zero-order chi connectivity index (χ0) is 22.6. The monoisotopic (exact) mass is 483 g/mol. The van der Waals surface area contributed by atoms with Crippen molar-refractivity contribution in [1.82, 2.24) is 14.8 Å². The van der Waals surface area contributed by atoms with E-state index in [0.717, 1.165) is 22.0 Å². The summed E-state index contributed by atoms with van der Waals surface area (Å²) in [5, 5.41) is 0. The fourth-order valence-corrected chi connectivity index (χ4v) is 6.05. The maximum atomic E-state index is 12.9. The van der Waals surface area contributed by atoms with Crippen LogP contribution in [0.25, 0.3) is 10.2 Å². The average Bonchev–Trinajstić information content (AvgIpc) is 3.29. The van der Waals surface area contributed by atoms with E-state index in [-0.39, 0.29) is 18.4 Å². The molecule has 0 N–H and O–H groups in total. The molecule has 7 nitrogen and oxygen atoms in total. The Morgan fingerprint density at radius 2 is 1.73 bits per heavy atom. The van der Waals surface area contributed by atoms with Crippen molar-refractivity contribution in [3.05, 3.63) is 48.5 Å². The number of nitrogens with zero attached hydrogens (tertiary/aromatic N) is 3. The second-order valence-corrected chi connectivity index (χ2v) is 10.3. The van der Waals surface area contributed by atoms with Gasteiger partial charge in [-0.15, -0.1) is 11.3 Å². The summed E-state index contributed by atoms with van der Waals surface area (Å²) < 4.78 is 13.7. The lowest BCUT2D eigenvalue weighted by atomic mass is 10.2.